The van der Waals surface area contributed by atoms with Gasteiger partial charge in [0, 0.05) is 11.4 Å². The van der Waals surface area contributed by atoms with Gasteiger partial charge < -0.3 is 14.8 Å². The molecule has 8 heteroatoms. The highest BCUT2D eigenvalue weighted by Gasteiger charge is 2.17. The SMILES string of the molecule is COc1ccc(OCc2nnc(SCC(=O)Nc3c(C)cccc3C)n2-c2ccccc2)cc1. The summed E-state index contributed by atoms with van der Waals surface area (Å²) >= 11 is 1.33. The largest absolute Gasteiger partial charge is 0.497 e. The second kappa shape index (κ2) is 10.9. The standard InChI is InChI=1S/C26H26N4O3S/c1-18-8-7-9-19(2)25(18)27-24(31)17-34-26-29-28-23(30(26)20-10-5-4-6-11-20)16-33-22-14-12-21(32-3)13-15-22/h4-15H,16-17H2,1-3H3,(H,27,31). The molecule has 34 heavy (non-hydrogen) atoms. The molecule has 0 spiro atoms. The minimum absolute atomic E-state index is 0.0963. The molecule has 4 aromatic rings. The maximum atomic E-state index is 12.7. The number of aromatic nitrogens is 3. The van der Waals surface area contributed by atoms with E-state index in [0.717, 1.165) is 28.3 Å². The number of methoxy groups -OCH3 is 1. The van der Waals surface area contributed by atoms with Crippen LogP contribution in [0.25, 0.3) is 5.69 Å². The van der Waals surface area contributed by atoms with E-state index < -0.39 is 0 Å². The molecule has 3 aromatic carbocycles. The zero-order valence-corrected chi connectivity index (χ0v) is 20.1. The lowest BCUT2D eigenvalue weighted by Gasteiger charge is -2.12. The number of nitrogens with zero attached hydrogens (tertiary/aromatic N) is 3. The number of carbonyl (C=O) groups is 1. The zero-order valence-electron chi connectivity index (χ0n) is 19.3. The molecule has 4 rings (SSSR count). The molecule has 0 radical (unpaired) electrons. The number of amides is 1. The zero-order chi connectivity index (χ0) is 23.9. The third-order valence-electron chi connectivity index (χ3n) is 5.22. The van der Waals surface area contributed by atoms with E-state index in [0.29, 0.717) is 16.7 Å². The van der Waals surface area contributed by atoms with Crippen LogP contribution in [0.15, 0.2) is 78.0 Å². The summed E-state index contributed by atoms with van der Waals surface area (Å²) < 4.78 is 13.0. The fraction of sp³-hybridized carbons (Fsp3) is 0.192. The fourth-order valence-electron chi connectivity index (χ4n) is 3.46. The minimum Gasteiger partial charge on any atom is -0.497 e. The first-order chi connectivity index (χ1) is 16.5. The van der Waals surface area contributed by atoms with Crippen molar-refractivity contribution in [3.05, 3.63) is 89.7 Å². The molecule has 0 saturated heterocycles. The van der Waals surface area contributed by atoms with Crippen molar-refractivity contribution in [2.24, 2.45) is 0 Å². The molecule has 0 aliphatic heterocycles. The van der Waals surface area contributed by atoms with Gasteiger partial charge in [-0.05, 0) is 61.4 Å². The predicted molar refractivity (Wildman–Crippen MR) is 134 cm³/mol. The highest BCUT2D eigenvalue weighted by molar-refractivity contribution is 7.99. The van der Waals surface area contributed by atoms with E-state index >= 15 is 0 Å². The number of hydrogen-bond acceptors (Lipinski definition) is 6. The third-order valence-corrected chi connectivity index (χ3v) is 6.15. The van der Waals surface area contributed by atoms with Gasteiger partial charge in [-0.25, -0.2) is 0 Å². The predicted octanol–water partition coefficient (Wildman–Crippen LogP) is 5.20. The molecule has 0 atom stereocenters. The van der Waals surface area contributed by atoms with Crippen molar-refractivity contribution in [2.45, 2.75) is 25.6 Å². The highest BCUT2D eigenvalue weighted by atomic mass is 32.2. The summed E-state index contributed by atoms with van der Waals surface area (Å²) in [6.07, 6.45) is 0. The Morgan fingerprint density at radius 1 is 0.912 bits per heavy atom. The molecule has 0 aliphatic rings. The van der Waals surface area contributed by atoms with E-state index in [-0.39, 0.29) is 18.3 Å². The van der Waals surface area contributed by atoms with Crippen molar-refractivity contribution in [1.82, 2.24) is 14.8 Å². The first-order valence-corrected chi connectivity index (χ1v) is 11.8. The second-order valence-electron chi connectivity index (χ2n) is 7.64. The van der Waals surface area contributed by atoms with Crippen LogP contribution in [0.3, 0.4) is 0 Å². The summed E-state index contributed by atoms with van der Waals surface area (Å²) in [5, 5.41) is 12.3. The Kier molecular flexibility index (Phi) is 7.49. The van der Waals surface area contributed by atoms with Gasteiger partial charge in [0.2, 0.25) is 5.91 Å². The second-order valence-corrected chi connectivity index (χ2v) is 8.58. The lowest BCUT2D eigenvalue weighted by molar-refractivity contribution is -0.113. The van der Waals surface area contributed by atoms with Crippen molar-refractivity contribution in [2.75, 3.05) is 18.2 Å². The molecule has 0 saturated carbocycles. The van der Waals surface area contributed by atoms with Crippen LogP contribution < -0.4 is 14.8 Å². The van der Waals surface area contributed by atoms with Gasteiger partial charge in [0.05, 0.1) is 12.9 Å². The summed E-state index contributed by atoms with van der Waals surface area (Å²) in [4.78, 5) is 12.7. The van der Waals surface area contributed by atoms with E-state index in [1.807, 2.05) is 91.2 Å². The maximum absolute atomic E-state index is 12.7. The number of rotatable bonds is 9. The van der Waals surface area contributed by atoms with Gasteiger partial charge in [0.1, 0.15) is 18.1 Å². The number of nitrogens with one attached hydrogen (secondary N) is 1. The molecule has 0 bridgehead atoms. The van der Waals surface area contributed by atoms with Crippen LogP contribution in [0, 0.1) is 13.8 Å². The number of thioether (sulfide) groups is 1. The molecule has 0 aliphatic carbocycles. The Labute approximate surface area is 203 Å². The topological polar surface area (TPSA) is 78.3 Å². The molecular weight excluding hydrogens is 448 g/mol. The molecular formula is C26H26N4O3S. The number of hydrogen-bond donors (Lipinski definition) is 1. The van der Waals surface area contributed by atoms with Crippen LogP contribution in [-0.2, 0) is 11.4 Å². The minimum atomic E-state index is -0.0963. The first-order valence-electron chi connectivity index (χ1n) is 10.8. The van der Waals surface area contributed by atoms with Crippen molar-refractivity contribution < 1.29 is 14.3 Å². The van der Waals surface area contributed by atoms with E-state index in [4.69, 9.17) is 9.47 Å². The molecule has 0 unspecified atom stereocenters. The number of anilines is 1. The van der Waals surface area contributed by atoms with Crippen molar-refractivity contribution in [1.29, 1.82) is 0 Å². The van der Waals surface area contributed by atoms with Crippen molar-refractivity contribution in [3.8, 4) is 17.2 Å². The Balaban J connectivity index is 1.49. The van der Waals surface area contributed by atoms with E-state index in [1.165, 1.54) is 11.8 Å². The molecule has 1 aromatic heterocycles. The van der Waals surface area contributed by atoms with Gasteiger partial charge in [-0.3, -0.25) is 9.36 Å². The number of aryl methyl sites for hydroxylation is 2. The van der Waals surface area contributed by atoms with Crippen LogP contribution >= 0.6 is 11.8 Å². The lowest BCUT2D eigenvalue weighted by atomic mass is 10.1. The lowest BCUT2D eigenvalue weighted by Crippen LogP contribution is -2.16. The molecule has 174 valence electrons. The number of para-hydroxylation sites is 2. The Morgan fingerprint density at radius 3 is 2.26 bits per heavy atom. The highest BCUT2D eigenvalue weighted by Crippen LogP contribution is 2.25. The van der Waals surface area contributed by atoms with Gasteiger partial charge in [0.25, 0.3) is 0 Å². The number of ether oxygens (including phenoxy) is 2. The van der Waals surface area contributed by atoms with E-state index in [2.05, 4.69) is 15.5 Å². The Bertz CT molecular complexity index is 1240. The molecule has 0 fully saturated rings. The monoisotopic (exact) mass is 474 g/mol. The summed E-state index contributed by atoms with van der Waals surface area (Å²) in [7, 11) is 1.62. The Morgan fingerprint density at radius 2 is 1.59 bits per heavy atom. The van der Waals surface area contributed by atoms with Crippen LogP contribution in [0.2, 0.25) is 0 Å². The summed E-state index contributed by atoms with van der Waals surface area (Å²) in [6.45, 7) is 4.19. The van der Waals surface area contributed by atoms with E-state index in [1.54, 1.807) is 7.11 Å². The Hall–Kier alpha value is -3.78. The molecule has 7 nitrogen and oxygen atoms in total. The third kappa shape index (κ3) is 5.58. The van der Waals surface area contributed by atoms with Crippen LogP contribution in [-0.4, -0.2) is 33.5 Å². The van der Waals surface area contributed by atoms with Gasteiger partial charge in [-0.2, -0.15) is 0 Å². The first kappa shape index (κ1) is 23.4. The summed E-state index contributed by atoms with van der Waals surface area (Å²) in [5.41, 5.74) is 3.82. The maximum Gasteiger partial charge on any atom is 0.234 e. The smallest absolute Gasteiger partial charge is 0.234 e. The normalized spacial score (nSPS) is 10.7. The van der Waals surface area contributed by atoms with Crippen molar-refractivity contribution >= 4 is 23.4 Å². The summed E-state index contributed by atoms with van der Waals surface area (Å²) in [5.74, 6) is 2.21. The molecule has 1 heterocycles. The molecule has 1 N–H and O–H groups in total. The van der Waals surface area contributed by atoms with Crippen LogP contribution in [0.4, 0.5) is 5.69 Å². The van der Waals surface area contributed by atoms with Gasteiger partial charge in [-0.15, -0.1) is 10.2 Å². The van der Waals surface area contributed by atoms with Gasteiger partial charge >= 0.3 is 0 Å². The van der Waals surface area contributed by atoms with Crippen molar-refractivity contribution in [3.63, 3.8) is 0 Å². The van der Waals surface area contributed by atoms with Gasteiger partial charge in [0.15, 0.2) is 11.0 Å². The van der Waals surface area contributed by atoms with E-state index in [9.17, 15) is 4.79 Å². The fourth-order valence-corrected chi connectivity index (χ4v) is 4.23. The number of carbonyl (C=O) groups excluding carboxylic acids is 1. The average Bonchev–Trinajstić information content (AvgIpc) is 3.27. The number of benzene rings is 3. The van der Waals surface area contributed by atoms with Crippen LogP contribution in [0.1, 0.15) is 17.0 Å². The average molecular weight is 475 g/mol. The van der Waals surface area contributed by atoms with Crippen LogP contribution in [0.5, 0.6) is 11.5 Å². The molecule has 1 amide bonds. The quantitative estimate of drug-likeness (QED) is 0.336. The van der Waals surface area contributed by atoms with Gasteiger partial charge in [-0.1, -0.05) is 48.2 Å². The summed E-state index contributed by atoms with van der Waals surface area (Å²) in [6, 6.07) is 23.1.